The van der Waals surface area contributed by atoms with E-state index in [1.165, 1.54) is 18.4 Å². The SMILES string of the molecule is CCCCNCC(COCCCC)c1c(Br)cc(OC)cc1Br. The highest BCUT2D eigenvalue weighted by Crippen LogP contribution is 2.36. The van der Waals surface area contributed by atoms with Crippen LogP contribution in [0.15, 0.2) is 21.1 Å². The van der Waals surface area contributed by atoms with Crippen LogP contribution in [0.3, 0.4) is 0 Å². The Morgan fingerprint density at radius 2 is 1.74 bits per heavy atom. The second kappa shape index (κ2) is 12.3. The molecule has 1 N–H and O–H groups in total. The number of rotatable bonds is 12. The lowest BCUT2D eigenvalue weighted by Crippen LogP contribution is -2.26. The predicted octanol–water partition coefficient (Wildman–Crippen LogP) is 5.51. The van der Waals surface area contributed by atoms with Gasteiger partial charge in [-0.15, -0.1) is 0 Å². The Morgan fingerprint density at radius 1 is 1.09 bits per heavy atom. The fraction of sp³-hybridized carbons (Fsp3) is 0.667. The first-order valence-electron chi connectivity index (χ1n) is 8.45. The zero-order chi connectivity index (χ0) is 17.1. The van der Waals surface area contributed by atoms with Gasteiger partial charge in [0, 0.05) is 28.0 Å². The predicted molar refractivity (Wildman–Crippen MR) is 105 cm³/mol. The Morgan fingerprint density at radius 3 is 2.30 bits per heavy atom. The molecule has 0 spiro atoms. The number of hydrogen-bond donors (Lipinski definition) is 1. The Kier molecular flexibility index (Phi) is 11.2. The highest BCUT2D eigenvalue weighted by molar-refractivity contribution is 9.11. The highest BCUT2D eigenvalue weighted by Gasteiger charge is 2.19. The molecule has 0 heterocycles. The molecule has 1 unspecified atom stereocenters. The molecule has 0 aliphatic heterocycles. The van der Waals surface area contributed by atoms with Gasteiger partial charge >= 0.3 is 0 Å². The first kappa shape index (κ1) is 20.9. The standard InChI is InChI=1S/C18H29Br2NO2/c1-4-6-8-21-12-14(13-23-9-7-5-2)18-16(19)10-15(22-3)11-17(18)20/h10-11,14,21H,4-9,12-13H2,1-3H3. The number of halogens is 2. The number of hydrogen-bond acceptors (Lipinski definition) is 3. The van der Waals surface area contributed by atoms with Gasteiger partial charge in [0.2, 0.25) is 0 Å². The molecule has 1 atom stereocenters. The number of unbranched alkanes of at least 4 members (excludes halogenated alkanes) is 2. The van der Waals surface area contributed by atoms with Crippen molar-refractivity contribution in [1.29, 1.82) is 0 Å². The van der Waals surface area contributed by atoms with Crippen molar-refractivity contribution in [2.45, 2.75) is 45.4 Å². The molecule has 0 aromatic heterocycles. The minimum Gasteiger partial charge on any atom is -0.497 e. The van der Waals surface area contributed by atoms with Gasteiger partial charge in [-0.3, -0.25) is 0 Å². The first-order valence-corrected chi connectivity index (χ1v) is 10.0. The highest BCUT2D eigenvalue weighted by atomic mass is 79.9. The smallest absolute Gasteiger partial charge is 0.121 e. The molecule has 0 aliphatic carbocycles. The lowest BCUT2D eigenvalue weighted by atomic mass is 9.99. The fourth-order valence-corrected chi connectivity index (χ4v) is 4.16. The van der Waals surface area contributed by atoms with E-state index in [4.69, 9.17) is 9.47 Å². The second-order valence-corrected chi connectivity index (χ2v) is 7.40. The summed E-state index contributed by atoms with van der Waals surface area (Å²) < 4.78 is 13.4. The number of nitrogens with one attached hydrogen (secondary N) is 1. The molecule has 0 fully saturated rings. The van der Waals surface area contributed by atoms with E-state index in [0.717, 1.165) is 53.8 Å². The zero-order valence-corrected chi connectivity index (χ0v) is 17.6. The Hall–Kier alpha value is -0.100. The minimum atomic E-state index is 0.304. The van der Waals surface area contributed by atoms with Crippen molar-refractivity contribution in [2.75, 3.05) is 33.4 Å². The van der Waals surface area contributed by atoms with Gasteiger partial charge in [-0.25, -0.2) is 0 Å². The maximum absolute atomic E-state index is 5.90. The third-order valence-electron chi connectivity index (χ3n) is 3.76. The molecular formula is C18H29Br2NO2. The van der Waals surface area contributed by atoms with Crippen molar-refractivity contribution in [3.05, 3.63) is 26.6 Å². The fourth-order valence-electron chi connectivity index (χ4n) is 2.36. The van der Waals surface area contributed by atoms with E-state index >= 15 is 0 Å². The molecule has 1 rings (SSSR count). The lowest BCUT2D eigenvalue weighted by molar-refractivity contribution is 0.116. The Bertz CT molecular complexity index is 420. The summed E-state index contributed by atoms with van der Waals surface area (Å²) in [6.45, 7) is 7.91. The summed E-state index contributed by atoms with van der Waals surface area (Å²) in [5.41, 5.74) is 1.24. The monoisotopic (exact) mass is 449 g/mol. The number of ether oxygens (including phenoxy) is 2. The Balaban J connectivity index is 2.80. The maximum Gasteiger partial charge on any atom is 0.121 e. The third-order valence-corrected chi connectivity index (χ3v) is 5.07. The molecule has 23 heavy (non-hydrogen) atoms. The largest absolute Gasteiger partial charge is 0.497 e. The summed E-state index contributed by atoms with van der Waals surface area (Å²) in [5.74, 6) is 1.15. The van der Waals surface area contributed by atoms with Crippen LogP contribution in [0.4, 0.5) is 0 Å². The molecule has 0 bridgehead atoms. The van der Waals surface area contributed by atoms with Crippen molar-refractivity contribution >= 4 is 31.9 Å². The van der Waals surface area contributed by atoms with Crippen LogP contribution in [0.25, 0.3) is 0 Å². The zero-order valence-electron chi connectivity index (χ0n) is 14.5. The number of benzene rings is 1. The van der Waals surface area contributed by atoms with Gasteiger partial charge in [0.05, 0.1) is 13.7 Å². The van der Waals surface area contributed by atoms with Crippen LogP contribution >= 0.6 is 31.9 Å². The van der Waals surface area contributed by atoms with Crippen LogP contribution in [0.2, 0.25) is 0 Å². The van der Waals surface area contributed by atoms with Crippen LogP contribution in [-0.4, -0.2) is 33.4 Å². The molecular weight excluding hydrogens is 422 g/mol. The van der Waals surface area contributed by atoms with Crippen molar-refractivity contribution in [3.63, 3.8) is 0 Å². The van der Waals surface area contributed by atoms with Crippen molar-refractivity contribution < 1.29 is 9.47 Å². The van der Waals surface area contributed by atoms with E-state index in [2.05, 4.69) is 51.0 Å². The molecule has 0 amide bonds. The average molecular weight is 451 g/mol. The van der Waals surface area contributed by atoms with Gasteiger partial charge in [0.15, 0.2) is 0 Å². The summed E-state index contributed by atoms with van der Waals surface area (Å²) >= 11 is 7.38. The van der Waals surface area contributed by atoms with Crippen LogP contribution in [0.1, 0.15) is 51.0 Å². The minimum absolute atomic E-state index is 0.304. The molecule has 132 valence electrons. The van der Waals surface area contributed by atoms with Gasteiger partial charge in [0.1, 0.15) is 5.75 Å². The van der Waals surface area contributed by atoms with E-state index < -0.39 is 0 Å². The molecule has 0 radical (unpaired) electrons. The first-order chi connectivity index (χ1) is 11.1. The van der Waals surface area contributed by atoms with Gasteiger partial charge in [-0.05, 0) is 37.1 Å². The van der Waals surface area contributed by atoms with E-state index in [1.807, 2.05) is 12.1 Å². The third kappa shape index (κ3) is 7.55. The van der Waals surface area contributed by atoms with E-state index in [0.29, 0.717) is 5.92 Å². The summed E-state index contributed by atoms with van der Waals surface area (Å²) in [5, 5.41) is 3.56. The van der Waals surface area contributed by atoms with Gasteiger partial charge in [0.25, 0.3) is 0 Å². The van der Waals surface area contributed by atoms with Crippen molar-refractivity contribution in [3.8, 4) is 5.75 Å². The topological polar surface area (TPSA) is 30.5 Å². The summed E-state index contributed by atoms with van der Waals surface area (Å²) in [6, 6.07) is 4.04. The summed E-state index contributed by atoms with van der Waals surface area (Å²) in [4.78, 5) is 0. The number of methoxy groups -OCH3 is 1. The van der Waals surface area contributed by atoms with E-state index in [1.54, 1.807) is 7.11 Å². The molecule has 0 saturated carbocycles. The molecule has 0 aliphatic rings. The van der Waals surface area contributed by atoms with E-state index in [-0.39, 0.29) is 0 Å². The van der Waals surface area contributed by atoms with Crippen LogP contribution in [-0.2, 0) is 4.74 Å². The van der Waals surface area contributed by atoms with Crippen LogP contribution in [0.5, 0.6) is 5.75 Å². The summed E-state index contributed by atoms with van der Waals surface area (Å²) in [6.07, 6.45) is 4.69. The quantitative estimate of drug-likeness (QED) is 0.426. The van der Waals surface area contributed by atoms with Gasteiger partial charge < -0.3 is 14.8 Å². The van der Waals surface area contributed by atoms with Gasteiger partial charge in [-0.2, -0.15) is 0 Å². The molecule has 0 saturated heterocycles. The normalized spacial score (nSPS) is 12.4. The van der Waals surface area contributed by atoms with E-state index in [9.17, 15) is 0 Å². The van der Waals surface area contributed by atoms with Crippen LogP contribution < -0.4 is 10.1 Å². The molecule has 1 aromatic rings. The van der Waals surface area contributed by atoms with Crippen molar-refractivity contribution in [2.24, 2.45) is 0 Å². The van der Waals surface area contributed by atoms with Crippen LogP contribution in [0, 0.1) is 0 Å². The Labute approximate surface area is 157 Å². The molecule has 5 heteroatoms. The average Bonchev–Trinajstić information content (AvgIpc) is 2.53. The molecule has 1 aromatic carbocycles. The second-order valence-electron chi connectivity index (χ2n) is 5.69. The summed E-state index contributed by atoms with van der Waals surface area (Å²) in [7, 11) is 1.69. The lowest BCUT2D eigenvalue weighted by Gasteiger charge is -2.22. The maximum atomic E-state index is 5.90. The van der Waals surface area contributed by atoms with Gasteiger partial charge in [-0.1, -0.05) is 58.5 Å². The molecule has 3 nitrogen and oxygen atoms in total. The van der Waals surface area contributed by atoms with Crippen molar-refractivity contribution in [1.82, 2.24) is 5.32 Å².